The molecule has 1 aromatic heterocycles. The van der Waals surface area contributed by atoms with Crippen molar-refractivity contribution >= 4 is 40.1 Å². The fourth-order valence-corrected chi connectivity index (χ4v) is 3.21. The molecule has 0 aliphatic rings. The lowest BCUT2D eigenvalue weighted by Gasteiger charge is -2.11. The van der Waals surface area contributed by atoms with E-state index in [2.05, 4.69) is 10.3 Å². The molecule has 3 rings (SSSR count). The van der Waals surface area contributed by atoms with E-state index in [0.29, 0.717) is 11.4 Å². The zero-order valence-electron chi connectivity index (χ0n) is 14.4. The maximum absolute atomic E-state index is 12.6. The number of benzene rings is 2. The van der Waals surface area contributed by atoms with Gasteiger partial charge in [-0.2, -0.15) is 11.8 Å². The lowest BCUT2D eigenvalue weighted by molar-refractivity contribution is -0.384. The highest BCUT2D eigenvalue weighted by Crippen LogP contribution is 2.23. The number of nitrogens with zero attached hydrogens (tertiary/aromatic N) is 3. The number of para-hydroxylation sites is 2. The number of nitrogens with one attached hydrogen (secondary N) is 1. The van der Waals surface area contributed by atoms with Crippen LogP contribution in [0.15, 0.2) is 42.5 Å². The molecule has 134 valence electrons. The Morgan fingerprint density at radius 1 is 1.31 bits per heavy atom. The lowest BCUT2D eigenvalue weighted by Crippen LogP contribution is -2.20. The molecule has 0 atom stereocenters. The first-order valence-corrected chi connectivity index (χ1v) is 9.37. The summed E-state index contributed by atoms with van der Waals surface area (Å²) in [7, 11) is 0. The zero-order chi connectivity index (χ0) is 18.7. The van der Waals surface area contributed by atoms with Gasteiger partial charge in [0, 0.05) is 12.1 Å². The number of thioether (sulfide) groups is 1. The van der Waals surface area contributed by atoms with Crippen molar-refractivity contribution in [1.29, 1.82) is 0 Å². The van der Waals surface area contributed by atoms with Crippen LogP contribution >= 0.6 is 11.8 Å². The van der Waals surface area contributed by atoms with E-state index in [4.69, 9.17) is 0 Å². The monoisotopic (exact) mass is 370 g/mol. The number of imidazole rings is 1. The van der Waals surface area contributed by atoms with Crippen molar-refractivity contribution in [3.8, 4) is 0 Å². The number of nitro benzene ring substituents is 1. The number of carbonyl (C=O) groups is 1. The first-order chi connectivity index (χ1) is 12.5. The average Bonchev–Trinajstić information content (AvgIpc) is 2.94. The predicted molar refractivity (Wildman–Crippen MR) is 103 cm³/mol. The minimum atomic E-state index is -0.477. The Balaban J connectivity index is 1.87. The van der Waals surface area contributed by atoms with Gasteiger partial charge in [0.15, 0.2) is 0 Å². The van der Waals surface area contributed by atoms with Crippen LogP contribution in [0.3, 0.4) is 0 Å². The van der Waals surface area contributed by atoms with Crippen LogP contribution in [-0.2, 0) is 17.1 Å². The fourth-order valence-electron chi connectivity index (χ4n) is 2.73. The molecule has 0 bridgehead atoms. The lowest BCUT2D eigenvalue weighted by atomic mass is 10.2. The summed E-state index contributed by atoms with van der Waals surface area (Å²) in [5, 5.41) is 13.7. The van der Waals surface area contributed by atoms with Crippen LogP contribution in [-0.4, -0.2) is 26.6 Å². The second-order valence-corrected chi connectivity index (χ2v) is 6.71. The van der Waals surface area contributed by atoms with Gasteiger partial charge in [-0.25, -0.2) is 4.98 Å². The molecule has 8 heteroatoms. The number of fused-ring (bicyclic) bond motifs is 1. The summed E-state index contributed by atoms with van der Waals surface area (Å²) in [5.74, 6) is 1.27. The van der Waals surface area contributed by atoms with E-state index in [1.54, 1.807) is 24.8 Å². The molecular weight excluding hydrogens is 352 g/mol. The number of carbonyl (C=O) groups excluding carboxylic acids is 1. The Hall–Kier alpha value is -2.87. The molecule has 2 aromatic carbocycles. The van der Waals surface area contributed by atoms with Gasteiger partial charge in [0.1, 0.15) is 12.4 Å². The first kappa shape index (κ1) is 17.9. The third kappa shape index (κ3) is 3.70. The molecule has 0 spiro atoms. The molecule has 0 saturated carbocycles. The highest BCUT2D eigenvalue weighted by atomic mass is 32.2. The second kappa shape index (κ2) is 7.57. The van der Waals surface area contributed by atoms with Gasteiger partial charge in [-0.15, -0.1) is 0 Å². The minimum Gasteiger partial charge on any atom is -0.324 e. The van der Waals surface area contributed by atoms with E-state index in [1.165, 1.54) is 12.1 Å². The van der Waals surface area contributed by atoms with Gasteiger partial charge in [-0.3, -0.25) is 14.9 Å². The van der Waals surface area contributed by atoms with Crippen molar-refractivity contribution < 1.29 is 9.72 Å². The SMILES string of the molecule is CSCc1nc2ccccc2n1CC(=O)Nc1cc([N+](=O)[O-])ccc1C. The number of aryl methyl sites for hydroxylation is 1. The van der Waals surface area contributed by atoms with Crippen LogP contribution < -0.4 is 5.32 Å². The topological polar surface area (TPSA) is 90.1 Å². The van der Waals surface area contributed by atoms with E-state index in [9.17, 15) is 14.9 Å². The van der Waals surface area contributed by atoms with Crippen molar-refractivity contribution in [3.05, 3.63) is 64.0 Å². The van der Waals surface area contributed by atoms with Gasteiger partial charge in [-0.05, 0) is 30.9 Å². The Labute approximate surface area is 154 Å². The molecule has 0 fully saturated rings. The van der Waals surface area contributed by atoms with Crippen LogP contribution in [0.5, 0.6) is 0 Å². The molecule has 7 nitrogen and oxygen atoms in total. The first-order valence-electron chi connectivity index (χ1n) is 7.97. The molecular formula is C18H18N4O3S. The molecule has 1 amide bonds. The summed E-state index contributed by atoms with van der Waals surface area (Å²) in [5.41, 5.74) is 2.89. The normalized spacial score (nSPS) is 10.8. The molecule has 0 radical (unpaired) electrons. The highest BCUT2D eigenvalue weighted by Gasteiger charge is 2.15. The van der Waals surface area contributed by atoms with Crippen molar-refractivity contribution in [1.82, 2.24) is 9.55 Å². The van der Waals surface area contributed by atoms with Crippen LogP contribution in [0.4, 0.5) is 11.4 Å². The standard InChI is InChI=1S/C18H18N4O3S/c1-12-7-8-13(22(24)25)9-15(12)20-18(23)10-21-16-6-4-3-5-14(16)19-17(21)11-26-2/h3-9H,10-11H2,1-2H3,(H,20,23). The predicted octanol–water partition coefficient (Wildman–Crippen LogP) is 3.75. The summed E-state index contributed by atoms with van der Waals surface area (Å²) in [6, 6.07) is 12.1. The summed E-state index contributed by atoms with van der Waals surface area (Å²) in [4.78, 5) is 27.6. The van der Waals surface area contributed by atoms with Gasteiger partial charge in [0.2, 0.25) is 5.91 Å². The van der Waals surface area contributed by atoms with E-state index in [1.807, 2.05) is 35.1 Å². The fraction of sp³-hybridized carbons (Fsp3) is 0.222. The van der Waals surface area contributed by atoms with Crippen LogP contribution in [0, 0.1) is 17.0 Å². The van der Waals surface area contributed by atoms with E-state index in [-0.39, 0.29) is 18.1 Å². The molecule has 26 heavy (non-hydrogen) atoms. The smallest absolute Gasteiger partial charge is 0.271 e. The van der Waals surface area contributed by atoms with E-state index < -0.39 is 4.92 Å². The quantitative estimate of drug-likeness (QED) is 0.527. The number of hydrogen-bond donors (Lipinski definition) is 1. The van der Waals surface area contributed by atoms with Crippen molar-refractivity contribution in [2.45, 2.75) is 19.2 Å². The third-order valence-electron chi connectivity index (χ3n) is 4.01. The van der Waals surface area contributed by atoms with E-state index >= 15 is 0 Å². The Kier molecular flexibility index (Phi) is 5.22. The van der Waals surface area contributed by atoms with Gasteiger partial charge < -0.3 is 9.88 Å². The van der Waals surface area contributed by atoms with Crippen LogP contribution in [0.1, 0.15) is 11.4 Å². The van der Waals surface area contributed by atoms with Crippen LogP contribution in [0.25, 0.3) is 11.0 Å². The molecule has 0 aliphatic carbocycles. The molecule has 3 aromatic rings. The molecule has 0 saturated heterocycles. The highest BCUT2D eigenvalue weighted by molar-refractivity contribution is 7.97. The molecule has 0 unspecified atom stereocenters. The number of amides is 1. The van der Waals surface area contributed by atoms with Gasteiger partial charge in [-0.1, -0.05) is 18.2 Å². The number of nitro groups is 1. The van der Waals surface area contributed by atoms with E-state index in [0.717, 1.165) is 22.4 Å². The summed E-state index contributed by atoms with van der Waals surface area (Å²) < 4.78 is 1.88. The van der Waals surface area contributed by atoms with Gasteiger partial charge in [0.05, 0.1) is 27.4 Å². The molecule has 0 aliphatic heterocycles. The summed E-state index contributed by atoms with van der Waals surface area (Å²) in [6.07, 6.45) is 1.98. The number of hydrogen-bond acceptors (Lipinski definition) is 5. The Morgan fingerprint density at radius 3 is 2.81 bits per heavy atom. The summed E-state index contributed by atoms with van der Waals surface area (Å²) >= 11 is 1.63. The van der Waals surface area contributed by atoms with Gasteiger partial charge in [0.25, 0.3) is 5.69 Å². The maximum atomic E-state index is 12.6. The third-order valence-corrected chi connectivity index (χ3v) is 4.56. The number of rotatable bonds is 6. The van der Waals surface area contributed by atoms with Crippen molar-refractivity contribution in [2.75, 3.05) is 11.6 Å². The minimum absolute atomic E-state index is 0.0537. The average molecular weight is 370 g/mol. The second-order valence-electron chi connectivity index (χ2n) is 5.84. The van der Waals surface area contributed by atoms with Crippen molar-refractivity contribution in [2.24, 2.45) is 0 Å². The number of non-ortho nitro benzene ring substituents is 1. The maximum Gasteiger partial charge on any atom is 0.271 e. The molecule has 1 N–H and O–H groups in total. The van der Waals surface area contributed by atoms with Crippen LogP contribution in [0.2, 0.25) is 0 Å². The Bertz CT molecular complexity index is 984. The largest absolute Gasteiger partial charge is 0.324 e. The number of aromatic nitrogens is 2. The molecule has 1 heterocycles. The Morgan fingerprint density at radius 2 is 2.08 bits per heavy atom. The van der Waals surface area contributed by atoms with Gasteiger partial charge >= 0.3 is 0 Å². The number of anilines is 1. The zero-order valence-corrected chi connectivity index (χ0v) is 15.2. The summed E-state index contributed by atoms with van der Waals surface area (Å²) in [6.45, 7) is 1.89. The van der Waals surface area contributed by atoms with Crippen molar-refractivity contribution in [3.63, 3.8) is 0 Å².